The lowest BCUT2D eigenvalue weighted by Crippen LogP contribution is -2.27. The quantitative estimate of drug-likeness (QED) is 0.594. The predicted molar refractivity (Wildman–Crippen MR) is 107 cm³/mol. The van der Waals surface area contributed by atoms with Gasteiger partial charge in [-0.05, 0) is 42.7 Å². The summed E-state index contributed by atoms with van der Waals surface area (Å²) in [4.78, 5) is 23.3. The van der Waals surface area contributed by atoms with E-state index in [0.29, 0.717) is 10.7 Å². The molecule has 0 unspecified atom stereocenters. The first-order chi connectivity index (χ1) is 13.2. The molecule has 0 aliphatic carbocycles. The van der Waals surface area contributed by atoms with Crippen molar-refractivity contribution in [3.05, 3.63) is 59.5 Å². The Balaban J connectivity index is 1.44. The van der Waals surface area contributed by atoms with Crippen LogP contribution in [0.4, 0.5) is 5.13 Å². The van der Waals surface area contributed by atoms with Crippen molar-refractivity contribution in [3.8, 4) is 0 Å². The maximum Gasteiger partial charge on any atom is 0.254 e. The molecule has 7 heteroatoms. The summed E-state index contributed by atoms with van der Waals surface area (Å²) in [5, 5.41) is 0.590. The number of nitrogen functional groups attached to an aromatic ring is 1. The first kappa shape index (κ1) is 16.3. The molecule has 1 saturated heterocycles. The van der Waals surface area contributed by atoms with Crippen LogP contribution in [0.1, 0.15) is 34.5 Å². The molecular formula is C20H19N5OS. The molecule has 136 valence electrons. The number of nitrogens with zero attached hydrogens (tertiary/aromatic N) is 4. The SMILES string of the molecule is Nc1nc2ccc(Cc3cnc4cc(C(=O)N5CCCC5)ccn34)cc2s1. The van der Waals surface area contributed by atoms with Gasteiger partial charge in [-0.25, -0.2) is 9.97 Å². The first-order valence-electron chi connectivity index (χ1n) is 9.07. The number of pyridine rings is 1. The zero-order valence-electron chi connectivity index (χ0n) is 14.8. The van der Waals surface area contributed by atoms with Crippen molar-refractivity contribution in [1.82, 2.24) is 19.3 Å². The monoisotopic (exact) mass is 377 g/mol. The predicted octanol–water partition coefficient (Wildman–Crippen LogP) is 3.35. The maximum atomic E-state index is 12.6. The van der Waals surface area contributed by atoms with Crippen molar-refractivity contribution >= 4 is 38.2 Å². The summed E-state index contributed by atoms with van der Waals surface area (Å²) in [6.07, 6.45) is 6.78. The van der Waals surface area contributed by atoms with Crippen molar-refractivity contribution in [2.24, 2.45) is 0 Å². The van der Waals surface area contributed by atoms with Gasteiger partial charge in [0, 0.05) is 43.2 Å². The molecule has 3 aromatic heterocycles. The molecule has 1 aromatic carbocycles. The summed E-state index contributed by atoms with van der Waals surface area (Å²) in [5.41, 5.74) is 10.5. The fourth-order valence-electron chi connectivity index (χ4n) is 3.71. The van der Waals surface area contributed by atoms with Gasteiger partial charge in [-0.3, -0.25) is 4.79 Å². The van der Waals surface area contributed by atoms with Crippen molar-refractivity contribution in [3.63, 3.8) is 0 Å². The number of imidazole rings is 1. The molecule has 4 heterocycles. The summed E-state index contributed by atoms with van der Waals surface area (Å²) < 4.78 is 3.14. The molecule has 27 heavy (non-hydrogen) atoms. The Kier molecular flexibility index (Phi) is 3.82. The molecule has 0 saturated carbocycles. The van der Waals surface area contributed by atoms with Gasteiger partial charge in [0.05, 0.1) is 10.2 Å². The standard InChI is InChI=1S/C20H19N5OS/c21-20-23-16-4-3-13(10-17(16)27-20)9-15-12-22-18-11-14(5-8-25(15)18)19(26)24-6-1-2-7-24/h3-5,8,10-12H,1-2,6-7,9H2,(H2,21,23). The summed E-state index contributed by atoms with van der Waals surface area (Å²) in [5.74, 6) is 0.104. The second-order valence-electron chi connectivity index (χ2n) is 6.92. The van der Waals surface area contributed by atoms with Crippen LogP contribution >= 0.6 is 11.3 Å². The number of carbonyl (C=O) groups is 1. The second-order valence-corrected chi connectivity index (χ2v) is 7.99. The summed E-state index contributed by atoms with van der Waals surface area (Å²) in [7, 11) is 0. The minimum atomic E-state index is 0.104. The van der Waals surface area contributed by atoms with Gasteiger partial charge in [-0.1, -0.05) is 17.4 Å². The number of fused-ring (bicyclic) bond motifs is 2. The van der Waals surface area contributed by atoms with E-state index in [0.717, 1.165) is 53.9 Å². The molecular weight excluding hydrogens is 358 g/mol. The fourth-order valence-corrected chi connectivity index (χ4v) is 4.50. The van der Waals surface area contributed by atoms with Crippen LogP contribution in [0.25, 0.3) is 15.9 Å². The van der Waals surface area contributed by atoms with Crippen LogP contribution in [0.5, 0.6) is 0 Å². The molecule has 0 bridgehead atoms. The third-order valence-corrected chi connectivity index (χ3v) is 5.93. The van der Waals surface area contributed by atoms with E-state index in [1.807, 2.05) is 39.9 Å². The number of benzene rings is 1. The maximum absolute atomic E-state index is 12.6. The van der Waals surface area contributed by atoms with Gasteiger partial charge >= 0.3 is 0 Å². The molecule has 1 amide bonds. The highest BCUT2D eigenvalue weighted by molar-refractivity contribution is 7.22. The average Bonchev–Trinajstić information content (AvgIpc) is 3.40. The molecule has 0 atom stereocenters. The highest BCUT2D eigenvalue weighted by atomic mass is 32.1. The van der Waals surface area contributed by atoms with E-state index < -0.39 is 0 Å². The Morgan fingerprint density at radius 3 is 2.89 bits per heavy atom. The molecule has 1 aliphatic rings. The van der Waals surface area contributed by atoms with Crippen LogP contribution < -0.4 is 5.73 Å². The molecule has 4 aromatic rings. The Labute approximate surface area is 160 Å². The van der Waals surface area contributed by atoms with Crippen molar-refractivity contribution in [1.29, 1.82) is 0 Å². The second kappa shape index (κ2) is 6.35. The smallest absolute Gasteiger partial charge is 0.254 e. The number of nitrogens with two attached hydrogens (primary N) is 1. The Bertz CT molecular complexity index is 1160. The Morgan fingerprint density at radius 1 is 1.19 bits per heavy atom. The van der Waals surface area contributed by atoms with E-state index in [1.165, 1.54) is 16.9 Å². The van der Waals surface area contributed by atoms with E-state index in [1.54, 1.807) is 0 Å². The number of hydrogen-bond acceptors (Lipinski definition) is 5. The number of thiazole rings is 1. The topological polar surface area (TPSA) is 76.5 Å². The first-order valence-corrected chi connectivity index (χ1v) is 9.89. The van der Waals surface area contributed by atoms with Crippen molar-refractivity contribution < 1.29 is 4.79 Å². The van der Waals surface area contributed by atoms with Crippen molar-refractivity contribution in [2.75, 3.05) is 18.8 Å². The third kappa shape index (κ3) is 2.94. The molecule has 0 radical (unpaired) electrons. The van der Waals surface area contributed by atoms with Gasteiger partial charge in [0.15, 0.2) is 5.13 Å². The molecule has 5 rings (SSSR count). The number of anilines is 1. The molecule has 2 N–H and O–H groups in total. The van der Waals surface area contributed by atoms with Crippen LogP contribution in [0, 0.1) is 0 Å². The minimum absolute atomic E-state index is 0.104. The van der Waals surface area contributed by atoms with Crippen molar-refractivity contribution in [2.45, 2.75) is 19.3 Å². The average molecular weight is 377 g/mol. The van der Waals surface area contributed by atoms with Gasteiger partial charge < -0.3 is 15.0 Å². The lowest BCUT2D eigenvalue weighted by molar-refractivity contribution is 0.0793. The summed E-state index contributed by atoms with van der Waals surface area (Å²) >= 11 is 1.50. The van der Waals surface area contributed by atoms with Gasteiger partial charge in [0.25, 0.3) is 5.91 Å². The van der Waals surface area contributed by atoms with Gasteiger partial charge in [-0.15, -0.1) is 0 Å². The van der Waals surface area contributed by atoms with Crippen LogP contribution in [0.2, 0.25) is 0 Å². The van der Waals surface area contributed by atoms with E-state index in [2.05, 4.69) is 22.1 Å². The third-order valence-electron chi connectivity index (χ3n) is 5.08. The minimum Gasteiger partial charge on any atom is -0.375 e. The van der Waals surface area contributed by atoms with Gasteiger partial charge in [-0.2, -0.15) is 0 Å². The van der Waals surface area contributed by atoms with Crippen LogP contribution in [0.3, 0.4) is 0 Å². The van der Waals surface area contributed by atoms with Gasteiger partial charge in [0.1, 0.15) is 5.65 Å². The van der Waals surface area contributed by atoms with E-state index in [-0.39, 0.29) is 5.91 Å². The van der Waals surface area contributed by atoms with E-state index in [4.69, 9.17) is 5.73 Å². The van der Waals surface area contributed by atoms with E-state index >= 15 is 0 Å². The Morgan fingerprint density at radius 2 is 2.04 bits per heavy atom. The van der Waals surface area contributed by atoms with Crippen LogP contribution in [-0.4, -0.2) is 38.3 Å². The zero-order chi connectivity index (χ0) is 18.4. The van der Waals surface area contributed by atoms with Crippen LogP contribution in [-0.2, 0) is 6.42 Å². The number of likely N-dealkylation sites (tertiary alicyclic amines) is 1. The highest BCUT2D eigenvalue weighted by Gasteiger charge is 2.20. The summed E-state index contributed by atoms with van der Waals surface area (Å²) in [6, 6.07) is 10.00. The number of rotatable bonds is 3. The van der Waals surface area contributed by atoms with Gasteiger partial charge in [0.2, 0.25) is 0 Å². The lowest BCUT2D eigenvalue weighted by Gasteiger charge is -2.15. The molecule has 1 fully saturated rings. The zero-order valence-corrected chi connectivity index (χ0v) is 15.6. The van der Waals surface area contributed by atoms with Crippen LogP contribution in [0.15, 0.2) is 42.7 Å². The lowest BCUT2D eigenvalue weighted by atomic mass is 10.1. The normalized spacial score (nSPS) is 14.4. The molecule has 6 nitrogen and oxygen atoms in total. The largest absolute Gasteiger partial charge is 0.375 e. The number of hydrogen-bond donors (Lipinski definition) is 1. The van der Waals surface area contributed by atoms with E-state index in [9.17, 15) is 4.79 Å². The number of carbonyl (C=O) groups excluding carboxylic acids is 1. The summed E-state index contributed by atoms with van der Waals surface area (Å²) in [6.45, 7) is 1.71. The number of amides is 1. The highest BCUT2D eigenvalue weighted by Crippen LogP contribution is 2.26. The number of aromatic nitrogens is 3. The Hall–Kier alpha value is -2.93. The molecule has 0 spiro atoms. The molecule has 1 aliphatic heterocycles. The fraction of sp³-hybridized carbons (Fsp3) is 0.250.